The number of nitrogens with zero attached hydrogens (tertiary/aromatic N) is 2. The summed E-state index contributed by atoms with van der Waals surface area (Å²) in [4.78, 5) is 28.0. The Kier molecular flexibility index (Phi) is 4.48. The van der Waals surface area contributed by atoms with Gasteiger partial charge in [0.05, 0.1) is 6.04 Å². The van der Waals surface area contributed by atoms with Crippen molar-refractivity contribution in [2.24, 2.45) is 5.92 Å². The molecule has 0 aromatic heterocycles. The predicted octanol–water partition coefficient (Wildman–Crippen LogP) is 0.988. The summed E-state index contributed by atoms with van der Waals surface area (Å²) in [5.74, 6) is 1.08. The largest absolute Gasteiger partial charge is 0.341 e. The molecule has 2 heterocycles. The van der Waals surface area contributed by atoms with Crippen LogP contribution in [0.15, 0.2) is 0 Å². The van der Waals surface area contributed by atoms with Gasteiger partial charge in [-0.15, -0.1) is 0 Å². The molecule has 0 bridgehead atoms. The smallest absolute Gasteiger partial charge is 0.239 e. The molecule has 1 N–H and O–H groups in total. The number of hydrogen-bond acceptors (Lipinski definition) is 3. The van der Waals surface area contributed by atoms with Crippen molar-refractivity contribution in [1.82, 2.24) is 15.1 Å². The zero-order valence-corrected chi connectivity index (χ0v) is 13.0. The van der Waals surface area contributed by atoms with E-state index in [0.717, 1.165) is 25.9 Å². The van der Waals surface area contributed by atoms with Gasteiger partial charge in [-0.1, -0.05) is 12.8 Å². The fourth-order valence-corrected chi connectivity index (χ4v) is 4.18. The van der Waals surface area contributed by atoms with Crippen LogP contribution in [-0.2, 0) is 9.59 Å². The second-order valence-corrected chi connectivity index (χ2v) is 6.79. The monoisotopic (exact) mass is 293 g/mol. The van der Waals surface area contributed by atoms with E-state index in [4.69, 9.17) is 0 Å². The van der Waals surface area contributed by atoms with E-state index in [0.29, 0.717) is 25.0 Å². The van der Waals surface area contributed by atoms with Gasteiger partial charge < -0.3 is 15.1 Å². The Bertz CT molecular complexity index is 398. The quantitative estimate of drug-likeness (QED) is 0.784. The van der Waals surface area contributed by atoms with E-state index < -0.39 is 0 Å². The van der Waals surface area contributed by atoms with E-state index in [1.54, 1.807) is 6.92 Å². The van der Waals surface area contributed by atoms with Gasteiger partial charge >= 0.3 is 0 Å². The molecule has 0 aromatic carbocycles. The van der Waals surface area contributed by atoms with Crippen molar-refractivity contribution in [3.8, 4) is 0 Å². The summed E-state index contributed by atoms with van der Waals surface area (Å²) < 4.78 is 0. The maximum Gasteiger partial charge on any atom is 0.239 e. The molecule has 2 aliphatic heterocycles. The topological polar surface area (TPSA) is 52.7 Å². The summed E-state index contributed by atoms with van der Waals surface area (Å²) in [5, 5.41) is 3.57. The second kappa shape index (κ2) is 6.34. The fraction of sp³-hybridized carbons (Fsp3) is 0.875. The first-order valence-electron chi connectivity index (χ1n) is 8.45. The Morgan fingerprint density at radius 3 is 2.43 bits per heavy atom. The molecule has 118 valence electrons. The van der Waals surface area contributed by atoms with E-state index in [1.165, 1.54) is 25.7 Å². The Morgan fingerprint density at radius 1 is 0.952 bits per heavy atom. The summed E-state index contributed by atoms with van der Waals surface area (Å²) >= 11 is 0. The Labute approximate surface area is 127 Å². The first-order valence-corrected chi connectivity index (χ1v) is 8.45. The van der Waals surface area contributed by atoms with Gasteiger partial charge in [-0.25, -0.2) is 0 Å². The van der Waals surface area contributed by atoms with E-state index >= 15 is 0 Å². The lowest BCUT2D eigenvalue weighted by atomic mass is 9.85. The van der Waals surface area contributed by atoms with E-state index in [-0.39, 0.29) is 17.9 Å². The molecule has 3 fully saturated rings. The number of carbonyl (C=O) groups excluding carboxylic acids is 2. The molecule has 5 nitrogen and oxygen atoms in total. The molecule has 3 rings (SSSR count). The average molecular weight is 293 g/mol. The highest BCUT2D eigenvalue weighted by Crippen LogP contribution is 2.33. The Hall–Kier alpha value is -1.10. The van der Waals surface area contributed by atoms with Crippen molar-refractivity contribution in [3.63, 3.8) is 0 Å². The van der Waals surface area contributed by atoms with Crippen LogP contribution in [0, 0.1) is 5.92 Å². The summed E-state index contributed by atoms with van der Waals surface area (Å²) in [6.07, 6.45) is 7.03. The van der Waals surface area contributed by atoms with Crippen molar-refractivity contribution in [1.29, 1.82) is 0 Å². The molecule has 2 saturated heterocycles. The van der Waals surface area contributed by atoms with Gasteiger partial charge in [0.25, 0.3) is 0 Å². The molecule has 1 aliphatic carbocycles. The number of rotatable bonds is 1. The maximum atomic E-state index is 12.7. The normalized spacial score (nSPS) is 33.5. The predicted molar refractivity (Wildman–Crippen MR) is 80.7 cm³/mol. The molecular formula is C16H27N3O2. The van der Waals surface area contributed by atoms with Crippen molar-refractivity contribution in [2.75, 3.05) is 26.2 Å². The number of fused-ring (bicyclic) bond motifs is 1. The first-order chi connectivity index (χ1) is 10.1. The number of nitrogens with one attached hydrogen (secondary N) is 1. The van der Waals surface area contributed by atoms with E-state index in [1.807, 2.05) is 9.80 Å². The molecule has 5 heteroatoms. The van der Waals surface area contributed by atoms with Crippen LogP contribution in [0.2, 0.25) is 0 Å². The third-order valence-electron chi connectivity index (χ3n) is 5.41. The van der Waals surface area contributed by atoms with Crippen LogP contribution >= 0.6 is 0 Å². The fourth-order valence-electron chi connectivity index (χ4n) is 4.18. The van der Waals surface area contributed by atoms with Gasteiger partial charge in [0.2, 0.25) is 11.8 Å². The standard InChI is InChI=1S/C16H27N3O2/c1-12(20)18-7-4-8-19(10-9-18)16(21)15-11-13-5-2-3-6-14(13)17-15/h13-15,17H,2-11H2,1H3. The average Bonchev–Trinajstić information content (AvgIpc) is 2.75. The number of amides is 2. The summed E-state index contributed by atoms with van der Waals surface area (Å²) in [7, 11) is 0. The van der Waals surface area contributed by atoms with E-state index in [9.17, 15) is 9.59 Å². The molecule has 1 saturated carbocycles. The Morgan fingerprint density at radius 2 is 1.67 bits per heavy atom. The summed E-state index contributed by atoms with van der Waals surface area (Å²) in [5.41, 5.74) is 0. The van der Waals surface area contributed by atoms with Gasteiger partial charge in [-0.05, 0) is 31.6 Å². The zero-order valence-electron chi connectivity index (χ0n) is 13.0. The highest BCUT2D eigenvalue weighted by molar-refractivity contribution is 5.82. The van der Waals surface area contributed by atoms with Crippen LogP contribution in [0.1, 0.15) is 45.4 Å². The molecular weight excluding hydrogens is 266 g/mol. The summed E-state index contributed by atoms with van der Waals surface area (Å²) in [6.45, 7) is 4.55. The van der Waals surface area contributed by atoms with Crippen molar-refractivity contribution >= 4 is 11.8 Å². The molecule has 3 unspecified atom stereocenters. The number of hydrogen-bond donors (Lipinski definition) is 1. The van der Waals surface area contributed by atoms with Crippen molar-refractivity contribution < 1.29 is 9.59 Å². The van der Waals surface area contributed by atoms with Crippen LogP contribution in [0.4, 0.5) is 0 Å². The van der Waals surface area contributed by atoms with Gasteiger partial charge in [0.1, 0.15) is 0 Å². The molecule has 3 aliphatic rings. The summed E-state index contributed by atoms with van der Waals surface area (Å²) in [6, 6.07) is 0.579. The third-order valence-corrected chi connectivity index (χ3v) is 5.41. The van der Waals surface area contributed by atoms with Crippen molar-refractivity contribution in [2.45, 2.75) is 57.5 Å². The highest BCUT2D eigenvalue weighted by atomic mass is 16.2. The van der Waals surface area contributed by atoms with Gasteiger partial charge in [-0.3, -0.25) is 9.59 Å². The van der Waals surface area contributed by atoms with Crippen LogP contribution in [0.5, 0.6) is 0 Å². The molecule has 0 spiro atoms. The Balaban J connectivity index is 1.57. The van der Waals surface area contributed by atoms with Crippen LogP contribution in [0.25, 0.3) is 0 Å². The first kappa shape index (κ1) is 14.8. The molecule has 21 heavy (non-hydrogen) atoms. The minimum Gasteiger partial charge on any atom is -0.341 e. The number of carbonyl (C=O) groups is 2. The molecule has 3 atom stereocenters. The van der Waals surface area contributed by atoms with Gasteiger partial charge in [-0.2, -0.15) is 0 Å². The molecule has 0 aromatic rings. The van der Waals surface area contributed by atoms with E-state index in [2.05, 4.69) is 5.32 Å². The molecule has 2 amide bonds. The van der Waals surface area contributed by atoms with Crippen LogP contribution in [-0.4, -0.2) is 59.9 Å². The second-order valence-electron chi connectivity index (χ2n) is 6.79. The van der Waals surface area contributed by atoms with Crippen molar-refractivity contribution in [3.05, 3.63) is 0 Å². The minimum atomic E-state index is 0.0157. The van der Waals surface area contributed by atoms with Crippen LogP contribution < -0.4 is 5.32 Å². The minimum absolute atomic E-state index is 0.0157. The zero-order chi connectivity index (χ0) is 14.8. The molecule has 0 radical (unpaired) electrons. The lowest BCUT2D eigenvalue weighted by Crippen LogP contribution is -2.46. The highest BCUT2D eigenvalue weighted by Gasteiger charge is 2.39. The van der Waals surface area contributed by atoms with Gasteiger partial charge in [0.15, 0.2) is 0 Å². The third kappa shape index (κ3) is 3.23. The van der Waals surface area contributed by atoms with Crippen LogP contribution in [0.3, 0.4) is 0 Å². The lowest BCUT2D eigenvalue weighted by molar-refractivity contribution is -0.134. The van der Waals surface area contributed by atoms with Gasteiger partial charge in [0, 0.05) is 39.1 Å². The lowest BCUT2D eigenvalue weighted by Gasteiger charge is -2.25. The SMILES string of the molecule is CC(=O)N1CCCN(C(=O)C2CC3CCCCC3N2)CC1. The maximum absolute atomic E-state index is 12.7.